The van der Waals surface area contributed by atoms with Crippen LogP contribution in [0.1, 0.15) is 34.1 Å². The zero-order chi connectivity index (χ0) is 13.3. The average molecular weight is 297 g/mol. The Bertz CT molecular complexity index is 370. The van der Waals surface area contributed by atoms with E-state index in [1.165, 1.54) is 0 Å². The molecule has 0 heterocycles. The van der Waals surface area contributed by atoms with E-state index in [0.29, 0.717) is 0 Å². The summed E-state index contributed by atoms with van der Waals surface area (Å²) in [5.41, 5.74) is 2.69. The number of allylic oxidation sites excluding steroid dienone is 8. The van der Waals surface area contributed by atoms with Crippen LogP contribution in [0.2, 0.25) is 0 Å². The third kappa shape index (κ3) is 5.31. The highest BCUT2D eigenvalue weighted by atomic mass is 79.9. The molecule has 0 radical (unpaired) electrons. The van der Waals surface area contributed by atoms with E-state index >= 15 is 0 Å². The summed E-state index contributed by atoms with van der Waals surface area (Å²) in [5, 5.41) is 0.802. The Kier molecular flexibility index (Phi) is 8.69. The topological polar surface area (TPSA) is 17.1 Å². The van der Waals surface area contributed by atoms with Gasteiger partial charge in [0.2, 0.25) is 0 Å². The second-order valence-corrected chi connectivity index (χ2v) is 4.28. The van der Waals surface area contributed by atoms with Crippen LogP contribution in [0.25, 0.3) is 0 Å². The largest absolute Gasteiger partial charge is 0.289 e. The minimum Gasteiger partial charge on any atom is -0.289 e. The third-order valence-electron chi connectivity index (χ3n) is 2.54. The molecule has 0 amide bonds. The summed E-state index contributed by atoms with van der Waals surface area (Å²) in [6.45, 7) is 7.80. The molecule has 0 unspecified atom stereocenters. The maximum atomic E-state index is 12.2. The summed E-state index contributed by atoms with van der Waals surface area (Å²) in [6, 6.07) is 0. The van der Waals surface area contributed by atoms with Gasteiger partial charge in [0.25, 0.3) is 0 Å². The fraction of sp³-hybridized carbons (Fsp3) is 0.400. The average Bonchev–Trinajstić information content (AvgIpc) is 2.35. The number of rotatable bonds is 6. The molecule has 0 atom stereocenters. The molecule has 0 saturated carbocycles. The lowest BCUT2D eigenvalue weighted by Crippen LogP contribution is -2.06. The molecule has 0 aromatic carbocycles. The first-order valence-corrected chi connectivity index (χ1v) is 7.00. The van der Waals surface area contributed by atoms with Gasteiger partial charge >= 0.3 is 0 Å². The van der Waals surface area contributed by atoms with Crippen molar-refractivity contribution in [1.29, 1.82) is 0 Å². The highest BCUT2D eigenvalue weighted by Crippen LogP contribution is 2.18. The molecule has 0 fully saturated rings. The molecule has 0 aliphatic heterocycles. The summed E-state index contributed by atoms with van der Waals surface area (Å²) < 4.78 is 0. The maximum Gasteiger partial charge on any atom is 0.188 e. The van der Waals surface area contributed by atoms with E-state index in [1.54, 1.807) is 0 Å². The van der Waals surface area contributed by atoms with Crippen molar-refractivity contribution in [1.82, 2.24) is 0 Å². The molecule has 0 bridgehead atoms. The van der Waals surface area contributed by atoms with E-state index in [4.69, 9.17) is 0 Å². The number of ketones is 1. The van der Waals surface area contributed by atoms with Gasteiger partial charge in [-0.05, 0) is 38.3 Å². The van der Waals surface area contributed by atoms with Gasteiger partial charge in [0.1, 0.15) is 0 Å². The van der Waals surface area contributed by atoms with Crippen LogP contribution in [-0.4, -0.2) is 11.1 Å². The van der Waals surface area contributed by atoms with Crippen LogP contribution in [0, 0.1) is 0 Å². The van der Waals surface area contributed by atoms with Crippen molar-refractivity contribution in [3.8, 4) is 0 Å². The molecule has 1 nitrogen and oxygen atoms in total. The van der Waals surface area contributed by atoms with Gasteiger partial charge in [-0.2, -0.15) is 0 Å². The molecule has 0 aliphatic carbocycles. The maximum absolute atomic E-state index is 12.2. The van der Waals surface area contributed by atoms with Crippen LogP contribution >= 0.6 is 15.9 Å². The summed E-state index contributed by atoms with van der Waals surface area (Å²) in [7, 11) is 0. The first kappa shape index (κ1) is 16.1. The smallest absolute Gasteiger partial charge is 0.188 e. The van der Waals surface area contributed by atoms with Crippen LogP contribution in [0.3, 0.4) is 0 Å². The molecule has 0 aliphatic rings. The summed E-state index contributed by atoms with van der Waals surface area (Å²) in [5.74, 6) is 0.113. The van der Waals surface area contributed by atoms with Crippen molar-refractivity contribution >= 4 is 21.7 Å². The standard InChI is InChI=1S/C15H21BrO/c1-5-13(6-2)14(7-3)15(17)12(4)10-8-9-11-16/h5,7-10H,6,11H2,1-4H3/b9-8+,12-10+,13-5-,14-7+. The van der Waals surface area contributed by atoms with E-state index in [9.17, 15) is 4.79 Å². The number of Topliss-reactive ketones (excluding diaryl/α,β-unsaturated/α-hetero) is 1. The van der Waals surface area contributed by atoms with Crippen LogP contribution in [0.5, 0.6) is 0 Å². The first-order valence-electron chi connectivity index (χ1n) is 5.88. The van der Waals surface area contributed by atoms with E-state index < -0.39 is 0 Å². The van der Waals surface area contributed by atoms with Crippen molar-refractivity contribution < 1.29 is 4.79 Å². The van der Waals surface area contributed by atoms with Gasteiger partial charge < -0.3 is 0 Å². The molecule has 0 N–H and O–H groups in total. The Morgan fingerprint density at radius 2 is 1.88 bits per heavy atom. The molecule has 2 heteroatoms. The van der Waals surface area contributed by atoms with Crippen molar-refractivity contribution in [3.63, 3.8) is 0 Å². The fourth-order valence-electron chi connectivity index (χ4n) is 1.56. The lowest BCUT2D eigenvalue weighted by atomic mass is 9.95. The Hall–Kier alpha value is -0.890. The van der Waals surface area contributed by atoms with Gasteiger partial charge in [0.15, 0.2) is 5.78 Å². The molecule has 17 heavy (non-hydrogen) atoms. The van der Waals surface area contributed by atoms with Crippen LogP contribution in [-0.2, 0) is 4.79 Å². The number of hydrogen-bond donors (Lipinski definition) is 0. The van der Waals surface area contributed by atoms with Crippen molar-refractivity contribution in [2.24, 2.45) is 0 Å². The fourth-order valence-corrected chi connectivity index (χ4v) is 1.78. The van der Waals surface area contributed by atoms with Gasteiger partial charge in [-0.25, -0.2) is 0 Å². The predicted octanol–water partition coefficient (Wildman–Crippen LogP) is 4.76. The Labute approximate surface area is 113 Å². The van der Waals surface area contributed by atoms with Crippen molar-refractivity contribution in [3.05, 3.63) is 47.1 Å². The minimum atomic E-state index is 0.113. The van der Waals surface area contributed by atoms with Gasteiger partial charge in [-0.15, -0.1) is 0 Å². The summed E-state index contributed by atoms with van der Waals surface area (Å²) in [6.07, 6.45) is 10.5. The van der Waals surface area contributed by atoms with Gasteiger partial charge in [0.05, 0.1) is 0 Å². The molecule has 0 saturated heterocycles. The second-order valence-electron chi connectivity index (χ2n) is 3.63. The zero-order valence-electron chi connectivity index (χ0n) is 11.1. The van der Waals surface area contributed by atoms with Crippen molar-refractivity contribution in [2.75, 3.05) is 5.33 Å². The predicted molar refractivity (Wildman–Crippen MR) is 79.5 cm³/mol. The Morgan fingerprint density at radius 3 is 2.29 bits per heavy atom. The highest BCUT2D eigenvalue weighted by molar-refractivity contribution is 9.09. The van der Waals surface area contributed by atoms with Gasteiger partial charge in [0, 0.05) is 10.9 Å². The van der Waals surface area contributed by atoms with Gasteiger partial charge in [-0.3, -0.25) is 4.79 Å². The number of carbonyl (C=O) groups excluding carboxylic acids is 1. The van der Waals surface area contributed by atoms with E-state index in [-0.39, 0.29) is 5.78 Å². The SMILES string of the molecule is C/C=C(CC)\C(=C/C)C(=O)/C(C)=C/C=C/CBr. The molecular weight excluding hydrogens is 276 g/mol. The number of alkyl halides is 1. The van der Waals surface area contributed by atoms with Gasteiger partial charge in [-0.1, -0.05) is 53.2 Å². The van der Waals surface area contributed by atoms with Crippen molar-refractivity contribution in [2.45, 2.75) is 34.1 Å². The Morgan fingerprint density at radius 1 is 1.24 bits per heavy atom. The molecule has 0 aromatic rings. The second kappa shape index (κ2) is 9.17. The third-order valence-corrected chi connectivity index (χ3v) is 2.91. The molecular formula is C15H21BrO. The quantitative estimate of drug-likeness (QED) is 0.392. The number of carbonyl (C=O) groups is 1. The monoisotopic (exact) mass is 296 g/mol. The highest BCUT2D eigenvalue weighted by Gasteiger charge is 2.12. The van der Waals surface area contributed by atoms with Crippen LogP contribution in [0.15, 0.2) is 47.1 Å². The first-order chi connectivity index (χ1) is 8.12. The number of halogens is 1. The van der Waals surface area contributed by atoms with Crippen LogP contribution < -0.4 is 0 Å². The number of hydrogen-bond acceptors (Lipinski definition) is 1. The molecule has 0 rings (SSSR count). The lowest BCUT2D eigenvalue weighted by Gasteiger charge is -2.08. The minimum absolute atomic E-state index is 0.113. The summed E-state index contributed by atoms with van der Waals surface area (Å²) in [4.78, 5) is 12.2. The Balaban J connectivity index is 5.02. The van der Waals surface area contributed by atoms with Crippen LogP contribution in [0.4, 0.5) is 0 Å². The zero-order valence-corrected chi connectivity index (χ0v) is 12.7. The molecule has 94 valence electrons. The lowest BCUT2D eigenvalue weighted by molar-refractivity contribution is -0.112. The van der Waals surface area contributed by atoms with E-state index in [2.05, 4.69) is 22.9 Å². The molecule has 0 spiro atoms. The summed E-state index contributed by atoms with van der Waals surface area (Å²) >= 11 is 3.30. The molecule has 0 aromatic heterocycles. The normalized spacial score (nSPS) is 14.5. The van der Waals surface area contributed by atoms with E-state index in [0.717, 1.165) is 28.5 Å². The van der Waals surface area contributed by atoms with E-state index in [1.807, 2.05) is 51.2 Å².